The van der Waals surface area contributed by atoms with Crippen molar-refractivity contribution < 1.29 is 8.42 Å². The molecule has 0 unspecified atom stereocenters. The molecule has 1 aromatic rings. The minimum Gasteiger partial charge on any atom is -0.207 e. The summed E-state index contributed by atoms with van der Waals surface area (Å²) in [6.07, 6.45) is 1.91. The second-order valence-electron chi connectivity index (χ2n) is 5.89. The molecule has 0 amide bonds. The molecule has 1 aliphatic rings. The van der Waals surface area contributed by atoms with Crippen LogP contribution < -0.4 is 0 Å². The van der Waals surface area contributed by atoms with Gasteiger partial charge in [0.15, 0.2) is 0 Å². The van der Waals surface area contributed by atoms with Gasteiger partial charge in [0.1, 0.15) is 0 Å². The lowest BCUT2D eigenvalue weighted by molar-refractivity contribution is 0.279. The number of aryl methyl sites for hydroxylation is 1. The zero-order valence-corrected chi connectivity index (χ0v) is 12.9. The Hall–Kier alpha value is -0.870. The van der Waals surface area contributed by atoms with Crippen molar-refractivity contribution in [2.24, 2.45) is 5.92 Å². The van der Waals surface area contributed by atoms with Crippen LogP contribution in [0.15, 0.2) is 29.2 Å². The van der Waals surface area contributed by atoms with E-state index >= 15 is 0 Å². The highest BCUT2D eigenvalue weighted by molar-refractivity contribution is 7.89. The van der Waals surface area contributed by atoms with Crippen LogP contribution in [-0.4, -0.2) is 24.8 Å². The van der Waals surface area contributed by atoms with Gasteiger partial charge in [-0.3, -0.25) is 0 Å². The van der Waals surface area contributed by atoms with Crippen molar-refractivity contribution in [2.45, 2.75) is 57.5 Å². The molecule has 0 bridgehead atoms. The predicted molar refractivity (Wildman–Crippen MR) is 77.5 cm³/mol. The fraction of sp³-hybridized carbons (Fsp3) is 0.600. The van der Waals surface area contributed by atoms with Gasteiger partial charge >= 0.3 is 0 Å². The van der Waals surface area contributed by atoms with Crippen LogP contribution in [0.25, 0.3) is 0 Å². The lowest BCUT2D eigenvalue weighted by Crippen LogP contribution is -2.42. The Balaban J connectivity index is 2.40. The maximum atomic E-state index is 12.8. The summed E-state index contributed by atoms with van der Waals surface area (Å²) >= 11 is 0. The van der Waals surface area contributed by atoms with Gasteiger partial charge in [0.05, 0.1) is 4.90 Å². The number of nitrogens with zero attached hydrogens (tertiary/aromatic N) is 1. The van der Waals surface area contributed by atoms with E-state index in [0.29, 0.717) is 10.8 Å². The lowest BCUT2D eigenvalue weighted by Gasteiger charge is -2.30. The molecule has 2 rings (SSSR count). The molecule has 1 aromatic carbocycles. The molecule has 0 aromatic heterocycles. The van der Waals surface area contributed by atoms with Gasteiger partial charge in [0.2, 0.25) is 10.0 Å². The third kappa shape index (κ3) is 2.70. The molecule has 0 aliphatic carbocycles. The smallest absolute Gasteiger partial charge is 0.207 e. The Morgan fingerprint density at radius 3 is 2.26 bits per heavy atom. The molecule has 0 radical (unpaired) electrons. The molecule has 1 saturated heterocycles. The lowest BCUT2D eigenvalue weighted by atomic mass is 10.0. The van der Waals surface area contributed by atoms with Crippen molar-refractivity contribution in [2.75, 3.05) is 0 Å². The highest BCUT2D eigenvalue weighted by Gasteiger charge is 2.41. The molecule has 3 nitrogen and oxygen atoms in total. The van der Waals surface area contributed by atoms with E-state index in [-0.39, 0.29) is 12.1 Å². The number of hydrogen-bond acceptors (Lipinski definition) is 2. The van der Waals surface area contributed by atoms with Gasteiger partial charge in [-0.25, -0.2) is 8.42 Å². The van der Waals surface area contributed by atoms with Gasteiger partial charge in [-0.05, 0) is 44.7 Å². The van der Waals surface area contributed by atoms with Gasteiger partial charge in [-0.15, -0.1) is 0 Å². The normalized spacial score (nSPS) is 25.1. The van der Waals surface area contributed by atoms with Gasteiger partial charge in [-0.2, -0.15) is 4.31 Å². The zero-order chi connectivity index (χ0) is 14.2. The summed E-state index contributed by atoms with van der Waals surface area (Å²) < 4.78 is 27.3. The van der Waals surface area contributed by atoms with Crippen molar-refractivity contribution in [3.8, 4) is 0 Å². The Morgan fingerprint density at radius 1 is 1.16 bits per heavy atom. The first-order valence-corrected chi connectivity index (χ1v) is 8.38. The second kappa shape index (κ2) is 5.25. The Morgan fingerprint density at radius 2 is 1.74 bits per heavy atom. The highest BCUT2D eigenvalue weighted by atomic mass is 32.2. The first-order valence-electron chi connectivity index (χ1n) is 6.94. The van der Waals surface area contributed by atoms with Gasteiger partial charge in [0.25, 0.3) is 0 Å². The number of hydrogen-bond donors (Lipinski definition) is 0. The maximum Gasteiger partial charge on any atom is 0.243 e. The van der Waals surface area contributed by atoms with Gasteiger partial charge in [0, 0.05) is 12.1 Å². The van der Waals surface area contributed by atoms with E-state index in [1.54, 1.807) is 16.4 Å². The van der Waals surface area contributed by atoms with E-state index in [1.807, 2.05) is 26.0 Å². The Bertz CT molecular complexity index is 534. The number of rotatable bonds is 3. The van der Waals surface area contributed by atoms with Crippen molar-refractivity contribution in [1.29, 1.82) is 0 Å². The summed E-state index contributed by atoms with van der Waals surface area (Å²) in [6, 6.07) is 7.37. The number of sulfonamides is 1. The van der Waals surface area contributed by atoms with E-state index in [1.165, 1.54) is 0 Å². The van der Waals surface area contributed by atoms with E-state index in [2.05, 4.69) is 13.8 Å². The zero-order valence-electron chi connectivity index (χ0n) is 12.1. The topological polar surface area (TPSA) is 37.4 Å². The first-order chi connectivity index (χ1) is 8.84. The molecule has 0 N–H and O–H groups in total. The van der Waals surface area contributed by atoms with E-state index < -0.39 is 10.0 Å². The van der Waals surface area contributed by atoms with Crippen LogP contribution in [0.1, 0.15) is 39.2 Å². The summed E-state index contributed by atoms with van der Waals surface area (Å²) in [5.41, 5.74) is 1.08. The second-order valence-corrected chi connectivity index (χ2v) is 7.73. The van der Waals surface area contributed by atoms with E-state index in [4.69, 9.17) is 0 Å². The first kappa shape index (κ1) is 14.5. The maximum absolute atomic E-state index is 12.8. The summed E-state index contributed by atoms with van der Waals surface area (Å²) in [7, 11) is -3.37. The molecule has 106 valence electrons. The van der Waals surface area contributed by atoms with Crippen molar-refractivity contribution in [3.05, 3.63) is 29.8 Å². The van der Waals surface area contributed by atoms with Crippen LogP contribution in [-0.2, 0) is 10.0 Å². The molecule has 4 heteroatoms. The monoisotopic (exact) mass is 281 g/mol. The Kier molecular flexibility index (Phi) is 4.02. The Labute approximate surface area is 116 Å². The van der Waals surface area contributed by atoms with E-state index in [9.17, 15) is 8.42 Å². The van der Waals surface area contributed by atoms with Crippen LogP contribution >= 0.6 is 0 Å². The molecular weight excluding hydrogens is 258 g/mol. The molecule has 1 heterocycles. The molecular formula is C15H23NO2S. The molecule has 0 saturated carbocycles. The fourth-order valence-electron chi connectivity index (χ4n) is 2.87. The van der Waals surface area contributed by atoms with Crippen LogP contribution in [0, 0.1) is 12.8 Å². The largest absolute Gasteiger partial charge is 0.243 e. The average Bonchev–Trinajstić information content (AvgIpc) is 2.72. The van der Waals surface area contributed by atoms with Crippen LogP contribution in [0.3, 0.4) is 0 Å². The average molecular weight is 281 g/mol. The van der Waals surface area contributed by atoms with E-state index in [0.717, 1.165) is 18.4 Å². The predicted octanol–water partition coefficient (Wildman–Crippen LogP) is 3.19. The van der Waals surface area contributed by atoms with Crippen LogP contribution in [0.5, 0.6) is 0 Å². The number of benzene rings is 1. The highest BCUT2D eigenvalue weighted by Crippen LogP contribution is 2.34. The fourth-order valence-corrected chi connectivity index (χ4v) is 4.88. The minimum atomic E-state index is -3.37. The van der Waals surface area contributed by atoms with Crippen LogP contribution in [0.4, 0.5) is 0 Å². The van der Waals surface area contributed by atoms with Crippen LogP contribution in [0.2, 0.25) is 0 Å². The summed E-state index contributed by atoms with van der Waals surface area (Å²) in [5.74, 6) is 0.352. The summed E-state index contributed by atoms with van der Waals surface area (Å²) in [4.78, 5) is 0.414. The standard InChI is InChI=1S/C15H23NO2S/c1-11(2)15-10-7-13(4)16(15)19(17,18)14-8-5-12(3)6-9-14/h5-6,8-9,11,13,15H,7,10H2,1-4H3/t13-,15+/m0/s1. The molecule has 2 atom stereocenters. The van der Waals surface area contributed by atoms with Crippen molar-refractivity contribution >= 4 is 10.0 Å². The third-order valence-electron chi connectivity index (χ3n) is 4.01. The van der Waals surface area contributed by atoms with Gasteiger partial charge < -0.3 is 0 Å². The third-order valence-corrected chi connectivity index (χ3v) is 6.06. The van der Waals surface area contributed by atoms with Gasteiger partial charge in [-0.1, -0.05) is 31.5 Å². The molecule has 1 fully saturated rings. The minimum absolute atomic E-state index is 0.0960. The SMILES string of the molecule is Cc1ccc(S(=O)(=O)N2[C@@H](C(C)C)CC[C@@H]2C)cc1. The molecule has 1 aliphatic heterocycles. The molecule has 0 spiro atoms. The summed E-state index contributed by atoms with van der Waals surface area (Å²) in [6.45, 7) is 8.17. The van der Waals surface area contributed by atoms with Crippen molar-refractivity contribution in [3.63, 3.8) is 0 Å². The van der Waals surface area contributed by atoms with Crippen molar-refractivity contribution in [1.82, 2.24) is 4.31 Å². The molecule has 19 heavy (non-hydrogen) atoms. The quantitative estimate of drug-likeness (QED) is 0.853. The summed E-state index contributed by atoms with van der Waals surface area (Å²) in [5, 5.41) is 0.